The number of nitrogens with one attached hydrogen (secondary N) is 1. The number of alkyl halides is 3. The highest BCUT2D eigenvalue weighted by atomic mass is 19.4. The number of aliphatic hydroxyl groups excluding tert-OH is 1. The number of nitrogens with zero attached hydrogens (tertiary/aromatic N) is 1. The molecule has 2 aromatic carbocycles. The van der Waals surface area contributed by atoms with E-state index in [1.165, 1.54) is 19.2 Å². The summed E-state index contributed by atoms with van der Waals surface area (Å²) in [6, 6.07) is 5.09. The van der Waals surface area contributed by atoms with Crippen molar-refractivity contribution < 1.29 is 32.3 Å². The minimum Gasteiger partial charge on any atom is -0.496 e. The molecule has 0 radical (unpaired) electrons. The van der Waals surface area contributed by atoms with E-state index in [1.807, 2.05) is 0 Å². The molecule has 0 fully saturated rings. The number of allylic oxidation sites excluding steroid dienone is 1. The molecule has 10 heteroatoms. The van der Waals surface area contributed by atoms with E-state index in [4.69, 9.17) is 4.74 Å². The van der Waals surface area contributed by atoms with Gasteiger partial charge in [-0.25, -0.2) is 0 Å². The van der Waals surface area contributed by atoms with E-state index in [1.54, 1.807) is 13.8 Å². The number of rotatable bonds is 8. The number of nitro groups is 1. The van der Waals surface area contributed by atoms with Gasteiger partial charge in [0, 0.05) is 30.3 Å². The molecule has 0 bridgehead atoms. The van der Waals surface area contributed by atoms with Crippen LogP contribution in [-0.4, -0.2) is 29.7 Å². The van der Waals surface area contributed by atoms with Crippen LogP contribution in [0.4, 0.5) is 23.2 Å². The molecule has 0 aliphatic heterocycles. The van der Waals surface area contributed by atoms with Crippen LogP contribution in [0, 0.1) is 28.3 Å². The maximum atomic E-state index is 14.2. The van der Waals surface area contributed by atoms with Crippen molar-refractivity contribution in [3.8, 4) is 5.75 Å². The Morgan fingerprint density at radius 1 is 1.22 bits per heavy atom. The summed E-state index contributed by atoms with van der Waals surface area (Å²) < 4.78 is 59.4. The Hall–Kier alpha value is -2.98. The minimum atomic E-state index is -4.53. The van der Waals surface area contributed by atoms with Crippen molar-refractivity contribution in [1.82, 2.24) is 5.32 Å². The summed E-state index contributed by atoms with van der Waals surface area (Å²) in [5, 5.41) is 25.4. The lowest BCUT2D eigenvalue weighted by Gasteiger charge is -2.35. The standard InChI is InChI=1S/C27H32F4N2O4/c1-15-8-17(10-19(9-15)27(29,30)31)25(34)16(2)32-14-18-13-26(3,4)7-6-20(18)21-11-23(33(35)36)22(28)12-24(21)37-5/h8-12,16,25,32,34H,6-7,13-14H2,1-5H3/t16-,25-/m0/s1. The third kappa shape index (κ3) is 6.67. The highest BCUT2D eigenvalue weighted by Crippen LogP contribution is 2.45. The molecule has 2 atom stereocenters. The zero-order chi connectivity index (χ0) is 27.7. The number of hydrogen-bond donors (Lipinski definition) is 2. The maximum Gasteiger partial charge on any atom is 0.416 e. The lowest BCUT2D eigenvalue weighted by Crippen LogP contribution is -2.35. The molecule has 3 rings (SSSR count). The molecule has 2 aromatic rings. The van der Waals surface area contributed by atoms with E-state index in [2.05, 4.69) is 19.2 Å². The summed E-state index contributed by atoms with van der Waals surface area (Å²) in [5.41, 5.74) is 1.14. The molecule has 6 nitrogen and oxygen atoms in total. The summed E-state index contributed by atoms with van der Waals surface area (Å²) in [5.74, 6) is -0.807. The van der Waals surface area contributed by atoms with Gasteiger partial charge in [-0.2, -0.15) is 17.6 Å². The van der Waals surface area contributed by atoms with Gasteiger partial charge in [0.2, 0.25) is 5.82 Å². The average Bonchev–Trinajstić information content (AvgIpc) is 2.80. The summed E-state index contributed by atoms with van der Waals surface area (Å²) in [6.07, 6.45) is -3.73. The summed E-state index contributed by atoms with van der Waals surface area (Å²) in [4.78, 5) is 10.6. The van der Waals surface area contributed by atoms with Crippen molar-refractivity contribution in [2.45, 2.75) is 65.3 Å². The quantitative estimate of drug-likeness (QED) is 0.227. The second kappa shape index (κ2) is 10.8. The molecule has 0 saturated heterocycles. The SMILES string of the molecule is COc1cc(F)c([N+](=O)[O-])cc1C1=C(CN[C@@H](C)[C@H](O)c2cc(C)cc(C(F)(F)F)c2)CC(C)(C)CC1. The Labute approximate surface area is 213 Å². The third-order valence-corrected chi connectivity index (χ3v) is 6.84. The predicted molar refractivity (Wildman–Crippen MR) is 133 cm³/mol. The van der Waals surface area contributed by atoms with Gasteiger partial charge in [-0.3, -0.25) is 10.1 Å². The van der Waals surface area contributed by atoms with Gasteiger partial charge in [0.05, 0.1) is 23.7 Å². The van der Waals surface area contributed by atoms with Crippen molar-refractivity contribution in [3.05, 3.63) is 74.1 Å². The molecule has 0 aromatic heterocycles. The Balaban J connectivity index is 1.94. The molecule has 1 aliphatic rings. The molecule has 0 amide bonds. The fourth-order valence-electron chi connectivity index (χ4n) is 4.83. The first-order valence-corrected chi connectivity index (χ1v) is 12.0. The predicted octanol–water partition coefficient (Wildman–Crippen LogP) is 6.75. The van der Waals surface area contributed by atoms with Crippen LogP contribution in [0.1, 0.15) is 68.4 Å². The molecular formula is C27H32F4N2O4. The van der Waals surface area contributed by atoms with Crippen molar-refractivity contribution in [1.29, 1.82) is 0 Å². The van der Waals surface area contributed by atoms with Gasteiger partial charge in [0.15, 0.2) is 0 Å². The Kier molecular flexibility index (Phi) is 8.34. The van der Waals surface area contributed by atoms with Crippen LogP contribution in [0.25, 0.3) is 5.57 Å². The molecule has 0 spiro atoms. The molecule has 0 heterocycles. The topological polar surface area (TPSA) is 84.6 Å². The smallest absolute Gasteiger partial charge is 0.416 e. The van der Waals surface area contributed by atoms with E-state index in [-0.39, 0.29) is 23.3 Å². The number of aryl methyl sites for hydroxylation is 1. The molecule has 1 aliphatic carbocycles. The zero-order valence-corrected chi connectivity index (χ0v) is 21.5. The second-order valence-corrected chi connectivity index (χ2v) is 10.4. The Bertz CT molecular complexity index is 1210. The van der Waals surface area contributed by atoms with E-state index >= 15 is 0 Å². The fourth-order valence-corrected chi connectivity index (χ4v) is 4.83. The van der Waals surface area contributed by atoms with Crippen LogP contribution >= 0.6 is 0 Å². The number of benzene rings is 2. The lowest BCUT2D eigenvalue weighted by atomic mass is 9.72. The van der Waals surface area contributed by atoms with E-state index in [9.17, 15) is 32.8 Å². The molecule has 0 unspecified atom stereocenters. The van der Waals surface area contributed by atoms with Gasteiger partial charge in [-0.15, -0.1) is 0 Å². The van der Waals surface area contributed by atoms with Crippen LogP contribution in [0.3, 0.4) is 0 Å². The van der Waals surface area contributed by atoms with Gasteiger partial charge in [0.1, 0.15) is 5.75 Å². The lowest BCUT2D eigenvalue weighted by molar-refractivity contribution is -0.387. The van der Waals surface area contributed by atoms with Crippen molar-refractivity contribution in [2.24, 2.45) is 5.41 Å². The van der Waals surface area contributed by atoms with Crippen LogP contribution in [0.15, 0.2) is 35.9 Å². The number of aliphatic hydroxyl groups is 1. The van der Waals surface area contributed by atoms with Gasteiger partial charge < -0.3 is 15.2 Å². The number of methoxy groups -OCH3 is 1. The zero-order valence-electron chi connectivity index (χ0n) is 21.5. The Morgan fingerprint density at radius 2 is 1.89 bits per heavy atom. The van der Waals surface area contributed by atoms with Gasteiger partial charge >= 0.3 is 11.9 Å². The molecule has 202 valence electrons. The highest BCUT2D eigenvalue weighted by molar-refractivity contribution is 5.76. The summed E-state index contributed by atoms with van der Waals surface area (Å²) in [6.45, 7) is 7.69. The van der Waals surface area contributed by atoms with E-state index in [0.29, 0.717) is 24.0 Å². The van der Waals surface area contributed by atoms with Crippen LogP contribution in [0.5, 0.6) is 5.75 Å². The molecule has 0 saturated carbocycles. The van der Waals surface area contributed by atoms with Crippen molar-refractivity contribution in [3.63, 3.8) is 0 Å². The first kappa shape index (κ1) is 28.6. The monoisotopic (exact) mass is 524 g/mol. The van der Waals surface area contributed by atoms with Gasteiger partial charge in [-0.05, 0) is 61.8 Å². The van der Waals surface area contributed by atoms with E-state index < -0.39 is 40.3 Å². The van der Waals surface area contributed by atoms with Crippen molar-refractivity contribution >= 4 is 11.3 Å². The van der Waals surface area contributed by atoms with Gasteiger partial charge in [-0.1, -0.05) is 31.1 Å². The maximum absolute atomic E-state index is 14.2. The highest BCUT2D eigenvalue weighted by Gasteiger charge is 2.33. The summed E-state index contributed by atoms with van der Waals surface area (Å²) in [7, 11) is 1.37. The normalized spacial score (nSPS) is 17.5. The number of halogens is 4. The average molecular weight is 525 g/mol. The van der Waals surface area contributed by atoms with Crippen LogP contribution in [-0.2, 0) is 6.18 Å². The van der Waals surface area contributed by atoms with Crippen molar-refractivity contribution in [2.75, 3.05) is 13.7 Å². The number of hydrogen-bond acceptors (Lipinski definition) is 5. The largest absolute Gasteiger partial charge is 0.496 e. The first-order chi connectivity index (χ1) is 17.1. The molecule has 37 heavy (non-hydrogen) atoms. The number of nitro benzene ring substituents is 1. The Morgan fingerprint density at radius 3 is 2.49 bits per heavy atom. The summed E-state index contributed by atoms with van der Waals surface area (Å²) >= 11 is 0. The molecule has 2 N–H and O–H groups in total. The molecular weight excluding hydrogens is 492 g/mol. The minimum absolute atomic E-state index is 0.0697. The van der Waals surface area contributed by atoms with Crippen LogP contribution in [0.2, 0.25) is 0 Å². The first-order valence-electron chi connectivity index (χ1n) is 12.0. The van der Waals surface area contributed by atoms with Crippen LogP contribution < -0.4 is 10.1 Å². The fraction of sp³-hybridized carbons (Fsp3) is 0.481. The van der Waals surface area contributed by atoms with Gasteiger partial charge in [0.25, 0.3) is 0 Å². The third-order valence-electron chi connectivity index (χ3n) is 6.84. The second-order valence-electron chi connectivity index (χ2n) is 10.4. The number of ether oxygens (including phenoxy) is 1. The van der Waals surface area contributed by atoms with E-state index in [0.717, 1.165) is 35.8 Å².